The van der Waals surface area contributed by atoms with E-state index < -0.39 is 0 Å². The SMILES string of the molecule is CC1(C)c2ccccc2N(c2ccc(-c3cccc(N(c4ccccc4)c4ccc(-c5nc6ccccc6o5)cc4)c3)cc2)c2ccc(-c3nc4ccccc4o3)cc21. The van der Waals surface area contributed by atoms with Crippen molar-refractivity contribution in [2.24, 2.45) is 0 Å². The first-order valence-corrected chi connectivity index (χ1v) is 19.9. The van der Waals surface area contributed by atoms with Crippen molar-refractivity contribution in [1.82, 2.24) is 9.97 Å². The van der Waals surface area contributed by atoms with Crippen LogP contribution in [0, 0.1) is 0 Å². The third kappa shape index (κ3) is 5.96. The smallest absolute Gasteiger partial charge is 0.227 e. The lowest BCUT2D eigenvalue weighted by Crippen LogP contribution is -2.30. The number of aromatic nitrogens is 2. The van der Waals surface area contributed by atoms with E-state index in [4.69, 9.17) is 18.8 Å². The molecule has 11 rings (SSSR count). The van der Waals surface area contributed by atoms with Gasteiger partial charge in [0, 0.05) is 39.3 Å². The first-order valence-electron chi connectivity index (χ1n) is 19.9. The van der Waals surface area contributed by atoms with E-state index in [1.807, 2.05) is 54.6 Å². The molecule has 59 heavy (non-hydrogen) atoms. The predicted molar refractivity (Wildman–Crippen MR) is 239 cm³/mol. The monoisotopic (exact) mass is 762 g/mol. The van der Waals surface area contributed by atoms with Gasteiger partial charge in [-0.05, 0) is 131 Å². The molecule has 0 aliphatic carbocycles. The molecule has 8 aromatic carbocycles. The normalized spacial score (nSPS) is 13.0. The molecule has 0 spiro atoms. The van der Waals surface area contributed by atoms with Crippen LogP contribution in [0.2, 0.25) is 0 Å². The Kier molecular flexibility index (Phi) is 8.05. The number of benzene rings is 8. The number of hydrogen-bond acceptors (Lipinski definition) is 6. The topological polar surface area (TPSA) is 58.5 Å². The minimum absolute atomic E-state index is 0.250. The molecule has 6 nitrogen and oxygen atoms in total. The van der Waals surface area contributed by atoms with Crippen molar-refractivity contribution < 1.29 is 8.83 Å². The average Bonchev–Trinajstić information content (AvgIpc) is 3.93. The molecule has 1 aliphatic heterocycles. The predicted octanol–water partition coefficient (Wildman–Crippen LogP) is 14.5. The molecular weight excluding hydrogens is 725 g/mol. The van der Waals surface area contributed by atoms with Crippen LogP contribution in [0.5, 0.6) is 0 Å². The molecule has 0 amide bonds. The number of hydrogen-bond donors (Lipinski definition) is 0. The standard InChI is InChI=1S/C53H38N4O2/c1-53(2)43-17-6-9-20-47(43)57(48-32-27-38(34-44(48)53)52-55-46-19-8-11-22-50(46)59-52)41-28-23-35(24-29-41)37-13-12-16-42(33-37)56(39-14-4-3-5-15-39)40-30-25-36(26-31-40)51-54-45-18-7-10-21-49(45)58-51/h3-34H,1-2H3. The Bertz CT molecular complexity index is 3080. The van der Waals surface area contributed by atoms with E-state index in [2.05, 4.69) is 163 Å². The maximum absolute atomic E-state index is 6.22. The lowest BCUT2D eigenvalue weighted by molar-refractivity contribution is 0.615. The number of para-hydroxylation sites is 6. The van der Waals surface area contributed by atoms with Gasteiger partial charge in [0.25, 0.3) is 0 Å². The number of nitrogens with zero attached hydrogens (tertiary/aromatic N) is 4. The van der Waals surface area contributed by atoms with Gasteiger partial charge < -0.3 is 18.6 Å². The molecule has 3 heterocycles. The molecule has 6 heteroatoms. The fourth-order valence-corrected chi connectivity index (χ4v) is 8.51. The van der Waals surface area contributed by atoms with Crippen LogP contribution in [0.3, 0.4) is 0 Å². The minimum atomic E-state index is -0.250. The van der Waals surface area contributed by atoms with Gasteiger partial charge in [-0.1, -0.05) is 98.8 Å². The van der Waals surface area contributed by atoms with E-state index in [1.165, 1.54) is 16.8 Å². The van der Waals surface area contributed by atoms with Crippen LogP contribution >= 0.6 is 0 Å². The Morgan fingerprint density at radius 3 is 1.69 bits per heavy atom. The van der Waals surface area contributed by atoms with E-state index in [9.17, 15) is 0 Å². The van der Waals surface area contributed by atoms with Crippen molar-refractivity contribution in [3.63, 3.8) is 0 Å². The van der Waals surface area contributed by atoms with Crippen LogP contribution < -0.4 is 9.80 Å². The van der Waals surface area contributed by atoms with Gasteiger partial charge in [0.15, 0.2) is 11.2 Å². The zero-order valence-corrected chi connectivity index (χ0v) is 32.6. The Labute approximate surface area is 342 Å². The van der Waals surface area contributed by atoms with Gasteiger partial charge in [-0.15, -0.1) is 0 Å². The second-order valence-corrected chi connectivity index (χ2v) is 15.5. The van der Waals surface area contributed by atoms with Gasteiger partial charge in [-0.25, -0.2) is 9.97 Å². The van der Waals surface area contributed by atoms with Crippen molar-refractivity contribution >= 4 is 56.3 Å². The summed E-state index contributed by atoms with van der Waals surface area (Å²) in [6.45, 7) is 4.61. The molecule has 10 aromatic rings. The second-order valence-electron chi connectivity index (χ2n) is 15.5. The van der Waals surface area contributed by atoms with Crippen LogP contribution in [0.1, 0.15) is 25.0 Å². The largest absolute Gasteiger partial charge is 0.436 e. The molecule has 0 N–H and O–H groups in total. The molecule has 1 aliphatic rings. The summed E-state index contributed by atoms with van der Waals surface area (Å²) >= 11 is 0. The molecule has 2 aromatic heterocycles. The summed E-state index contributed by atoms with van der Waals surface area (Å²) in [6, 6.07) is 67.7. The maximum Gasteiger partial charge on any atom is 0.227 e. The van der Waals surface area contributed by atoms with Crippen LogP contribution in [-0.2, 0) is 5.41 Å². The molecule has 0 fully saturated rings. The highest BCUT2D eigenvalue weighted by atomic mass is 16.4. The van der Waals surface area contributed by atoms with Crippen LogP contribution in [0.4, 0.5) is 34.1 Å². The van der Waals surface area contributed by atoms with Crippen molar-refractivity contribution in [2.75, 3.05) is 9.80 Å². The Morgan fingerprint density at radius 1 is 0.424 bits per heavy atom. The van der Waals surface area contributed by atoms with Crippen molar-refractivity contribution in [3.05, 3.63) is 205 Å². The van der Waals surface area contributed by atoms with Gasteiger partial charge >= 0.3 is 0 Å². The Morgan fingerprint density at radius 2 is 0.983 bits per heavy atom. The molecule has 0 atom stereocenters. The van der Waals surface area contributed by atoms with E-state index in [1.54, 1.807) is 0 Å². The van der Waals surface area contributed by atoms with Crippen molar-refractivity contribution in [1.29, 1.82) is 0 Å². The summed E-state index contributed by atoms with van der Waals surface area (Å²) in [6.07, 6.45) is 0. The number of oxazole rings is 2. The fourth-order valence-electron chi connectivity index (χ4n) is 8.51. The molecule has 0 unspecified atom stereocenters. The van der Waals surface area contributed by atoms with Crippen LogP contribution in [0.15, 0.2) is 203 Å². The minimum Gasteiger partial charge on any atom is -0.436 e. The Balaban J connectivity index is 0.940. The zero-order valence-electron chi connectivity index (χ0n) is 32.6. The molecule has 0 saturated carbocycles. The lowest BCUT2D eigenvalue weighted by Gasteiger charge is -2.42. The summed E-state index contributed by atoms with van der Waals surface area (Å²) in [4.78, 5) is 14.2. The van der Waals surface area contributed by atoms with E-state index in [0.29, 0.717) is 11.8 Å². The number of fused-ring (bicyclic) bond motifs is 4. The van der Waals surface area contributed by atoms with Gasteiger partial charge in [-0.2, -0.15) is 0 Å². The third-order valence-electron chi connectivity index (χ3n) is 11.5. The number of anilines is 6. The summed E-state index contributed by atoms with van der Waals surface area (Å²) in [5.41, 5.74) is 16.2. The summed E-state index contributed by atoms with van der Waals surface area (Å²) < 4.78 is 12.3. The summed E-state index contributed by atoms with van der Waals surface area (Å²) in [5, 5.41) is 0. The summed E-state index contributed by atoms with van der Waals surface area (Å²) in [5.74, 6) is 1.24. The van der Waals surface area contributed by atoms with Crippen molar-refractivity contribution in [2.45, 2.75) is 19.3 Å². The fraction of sp³-hybridized carbons (Fsp3) is 0.0566. The molecule has 282 valence electrons. The third-order valence-corrected chi connectivity index (χ3v) is 11.5. The highest BCUT2D eigenvalue weighted by molar-refractivity contribution is 5.89. The first kappa shape index (κ1) is 34.5. The van der Waals surface area contributed by atoms with E-state index >= 15 is 0 Å². The number of rotatable bonds is 7. The zero-order chi connectivity index (χ0) is 39.5. The highest BCUT2D eigenvalue weighted by Gasteiger charge is 2.37. The second kappa shape index (κ2) is 13.7. The van der Waals surface area contributed by atoms with Crippen LogP contribution in [-0.4, -0.2) is 9.97 Å². The van der Waals surface area contributed by atoms with Crippen molar-refractivity contribution in [3.8, 4) is 34.0 Å². The maximum atomic E-state index is 6.22. The molecular formula is C53H38N4O2. The van der Waals surface area contributed by atoms with E-state index in [-0.39, 0.29) is 5.41 Å². The highest BCUT2D eigenvalue weighted by Crippen LogP contribution is 2.53. The molecule has 0 saturated heterocycles. The van der Waals surface area contributed by atoms with Gasteiger partial charge in [0.05, 0.1) is 11.4 Å². The lowest BCUT2D eigenvalue weighted by atomic mass is 9.73. The van der Waals surface area contributed by atoms with Crippen LogP contribution in [0.25, 0.3) is 56.2 Å². The molecule has 0 bridgehead atoms. The van der Waals surface area contributed by atoms with Gasteiger partial charge in [-0.3, -0.25) is 0 Å². The average molecular weight is 763 g/mol. The molecule has 0 radical (unpaired) electrons. The van der Waals surface area contributed by atoms with E-state index in [0.717, 1.165) is 72.9 Å². The van der Waals surface area contributed by atoms with Gasteiger partial charge in [0.2, 0.25) is 11.8 Å². The van der Waals surface area contributed by atoms with Gasteiger partial charge in [0.1, 0.15) is 11.0 Å². The quantitative estimate of drug-likeness (QED) is 0.161. The Hall–Kier alpha value is -7.70. The first-order chi connectivity index (χ1) is 29.0. The summed E-state index contributed by atoms with van der Waals surface area (Å²) in [7, 11) is 0.